The molecule has 1 aliphatic heterocycles. The fourth-order valence-corrected chi connectivity index (χ4v) is 1.84. The lowest BCUT2D eigenvalue weighted by atomic mass is 10.2. The molecule has 1 N–H and O–H groups in total. The average Bonchev–Trinajstić information content (AvgIpc) is 2.90. The van der Waals surface area contributed by atoms with E-state index in [1.165, 1.54) is 6.08 Å². The van der Waals surface area contributed by atoms with E-state index < -0.39 is 5.97 Å². The van der Waals surface area contributed by atoms with Gasteiger partial charge in [0.05, 0.1) is 20.3 Å². The molecule has 102 valence electrons. The quantitative estimate of drug-likeness (QED) is 0.823. The number of hydrogen-bond acceptors (Lipinski definition) is 4. The van der Waals surface area contributed by atoms with E-state index in [4.69, 9.17) is 19.3 Å². The zero-order valence-electron chi connectivity index (χ0n) is 10.7. The van der Waals surface area contributed by atoms with Crippen molar-refractivity contribution < 1.29 is 24.1 Å². The number of rotatable bonds is 5. The lowest BCUT2D eigenvalue weighted by Crippen LogP contribution is -2.16. The average molecular weight is 264 g/mol. The van der Waals surface area contributed by atoms with Gasteiger partial charge in [-0.3, -0.25) is 0 Å². The van der Waals surface area contributed by atoms with Crippen LogP contribution in [0.4, 0.5) is 0 Å². The van der Waals surface area contributed by atoms with Crippen LogP contribution in [0, 0.1) is 0 Å². The summed E-state index contributed by atoms with van der Waals surface area (Å²) in [6.07, 6.45) is 3.51. The fraction of sp³-hybridized carbons (Fsp3) is 0.357. The molecule has 0 saturated carbocycles. The van der Waals surface area contributed by atoms with Gasteiger partial charge in [0, 0.05) is 12.5 Å². The Morgan fingerprint density at radius 1 is 1.47 bits per heavy atom. The summed E-state index contributed by atoms with van der Waals surface area (Å²) in [5, 5.41) is 8.59. The van der Waals surface area contributed by atoms with Gasteiger partial charge in [-0.05, 0) is 23.8 Å². The van der Waals surface area contributed by atoms with Crippen molar-refractivity contribution in [3.8, 4) is 11.5 Å². The summed E-state index contributed by atoms with van der Waals surface area (Å²) < 4.78 is 16.3. The molecule has 0 bridgehead atoms. The van der Waals surface area contributed by atoms with Crippen LogP contribution >= 0.6 is 0 Å². The van der Waals surface area contributed by atoms with Crippen molar-refractivity contribution in [3.05, 3.63) is 29.8 Å². The zero-order valence-corrected chi connectivity index (χ0v) is 10.7. The van der Waals surface area contributed by atoms with E-state index in [9.17, 15) is 4.79 Å². The summed E-state index contributed by atoms with van der Waals surface area (Å²) in [6.45, 7) is 1.30. The molecule has 0 spiro atoms. The van der Waals surface area contributed by atoms with Gasteiger partial charge in [-0.1, -0.05) is 6.07 Å². The van der Waals surface area contributed by atoms with Gasteiger partial charge in [0.15, 0.2) is 11.5 Å². The molecule has 19 heavy (non-hydrogen) atoms. The summed E-state index contributed by atoms with van der Waals surface area (Å²) in [7, 11) is 1.55. The number of methoxy groups -OCH3 is 1. The minimum atomic E-state index is -0.984. The normalized spacial score (nSPS) is 18.7. The molecule has 5 heteroatoms. The van der Waals surface area contributed by atoms with E-state index in [-0.39, 0.29) is 6.10 Å². The first-order chi connectivity index (χ1) is 9.19. The molecule has 1 aromatic rings. The lowest BCUT2D eigenvalue weighted by Gasteiger charge is -2.15. The molecular weight excluding hydrogens is 248 g/mol. The van der Waals surface area contributed by atoms with Crippen LogP contribution in [-0.2, 0) is 9.53 Å². The highest BCUT2D eigenvalue weighted by molar-refractivity contribution is 5.85. The maximum Gasteiger partial charge on any atom is 0.328 e. The van der Waals surface area contributed by atoms with E-state index >= 15 is 0 Å². The minimum Gasteiger partial charge on any atom is -0.493 e. The van der Waals surface area contributed by atoms with Crippen LogP contribution in [0.1, 0.15) is 12.0 Å². The van der Waals surface area contributed by atoms with Gasteiger partial charge in [-0.2, -0.15) is 0 Å². The molecule has 0 aliphatic carbocycles. The smallest absolute Gasteiger partial charge is 0.328 e. The number of benzene rings is 1. The first-order valence-electron chi connectivity index (χ1n) is 6.02. The van der Waals surface area contributed by atoms with Crippen LogP contribution in [0.5, 0.6) is 11.5 Å². The molecule has 2 rings (SSSR count). The molecule has 1 saturated heterocycles. The Labute approximate surface area is 111 Å². The Bertz CT molecular complexity index is 475. The molecule has 0 aromatic heterocycles. The van der Waals surface area contributed by atoms with Gasteiger partial charge in [0.2, 0.25) is 0 Å². The van der Waals surface area contributed by atoms with Crippen molar-refractivity contribution in [2.24, 2.45) is 0 Å². The largest absolute Gasteiger partial charge is 0.493 e. The molecule has 1 atom stereocenters. The Morgan fingerprint density at radius 3 is 2.95 bits per heavy atom. The van der Waals surface area contributed by atoms with Crippen molar-refractivity contribution >= 4 is 12.0 Å². The SMILES string of the molecule is COc1cc(/C=C/C(=O)O)ccc1O[C@@H]1CCOC1. The molecule has 1 aromatic carbocycles. The Balaban J connectivity index is 2.13. The topological polar surface area (TPSA) is 65.0 Å². The second-order valence-electron chi connectivity index (χ2n) is 4.19. The Morgan fingerprint density at radius 2 is 2.32 bits per heavy atom. The third kappa shape index (κ3) is 3.72. The van der Waals surface area contributed by atoms with E-state index in [2.05, 4.69) is 0 Å². The van der Waals surface area contributed by atoms with Crippen LogP contribution in [0.2, 0.25) is 0 Å². The molecule has 5 nitrogen and oxygen atoms in total. The highest BCUT2D eigenvalue weighted by atomic mass is 16.6. The monoisotopic (exact) mass is 264 g/mol. The van der Waals surface area contributed by atoms with Crippen molar-refractivity contribution in [2.75, 3.05) is 20.3 Å². The first kappa shape index (κ1) is 13.4. The maximum absolute atomic E-state index is 10.5. The lowest BCUT2D eigenvalue weighted by molar-refractivity contribution is -0.131. The fourth-order valence-electron chi connectivity index (χ4n) is 1.84. The standard InChI is InChI=1S/C14H16O5/c1-17-13-8-10(3-5-14(15)16)2-4-12(13)19-11-6-7-18-9-11/h2-5,8,11H,6-7,9H2,1H3,(H,15,16)/b5-3+/t11-/m1/s1. The number of carboxylic acids is 1. The summed E-state index contributed by atoms with van der Waals surface area (Å²) in [5.41, 5.74) is 0.745. The van der Waals surface area contributed by atoms with E-state index in [0.717, 1.165) is 18.1 Å². The Hall–Kier alpha value is -2.01. The van der Waals surface area contributed by atoms with Gasteiger partial charge >= 0.3 is 5.97 Å². The van der Waals surface area contributed by atoms with E-state index in [0.29, 0.717) is 24.7 Å². The van der Waals surface area contributed by atoms with Crippen molar-refractivity contribution in [3.63, 3.8) is 0 Å². The molecule has 1 aliphatic rings. The van der Waals surface area contributed by atoms with Crippen molar-refractivity contribution in [1.29, 1.82) is 0 Å². The van der Waals surface area contributed by atoms with Gasteiger partial charge < -0.3 is 19.3 Å². The number of hydrogen-bond donors (Lipinski definition) is 1. The van der Waals surface area contributed by atoms with E-state index in [1.54, 1.807) is 25.3 Å². The third-order valence-electron chi connectivity index (χ3n) is 2.79. The molecule has 0 amide bonds. The van der Waals surface area contributed by atoms with Crippen molar-refractivity contribution in [1.82, 2.24) is 0 Å². The summed E-state index contributed by atoms with van der Waals surface area (Å²) in [6, 6.07) is 5.30. The molecular formula is C14H16O5. The zero-order chi connectivity index (χ0) is 13.7. The highest BCUT2D eigenvalue weighted by Gasteiger charge is 2.18. The molecule has 0 radical (unpaired) electrons. The third-order valence-corrected chi connectivity index (χ3v) is 2.79. The minimum absolute atomic E-state index is 0.0503. The van der Waals surface area contributed by atoms with Crippen LogP contribution < -0.4 is 9.47 Å². The summed E-state index contributed by atoms with van der Waals surface area (Å²) in [4.78, 5) is 10.5. The number of ether oxygens (including phenoxy) is 3. The Kier molecular flexibility index (Phi) is 4.41. The number of carbonyl (C=O) groups is 1. The van der Waals surface area contributed by atoms with Gasteiger partial charge in [0.25, 0.3) is 0 Å². The predicted molar refractivity (Wildman–Crippen MR) is 69.5 cm³/mol. The predicted octanol–water partition coefficient (Wildman–Crippen LogP) is 1.96. The molecule has 0 unspecified atom stereocenters. The highest BCUT2D eigenvalue weighted by Crippen LogP contribution is 2.30. The van der Waals surface area contributed by atoms with Crippen molar-refractivity contribution in [2.45, 2.75) is 12.5 Å². The number of carboxylic acid groups (broad SMARTS) is 1. The second-order valence-corrected chi connectivity index (χ2v) is 4.19. The van der Waals surface area contributed by atoms with Gasteiger partial charge in [-0.25, -0.2) is 4.79 Å². The van der Waals surface area contributed by atoms with Crippen LogP contribution in [0.15, 0.2) is 24.3 Å². The van der Waals surface area contributed by atoms with Gasteiger partial charge in [0.1, 0.15) is 6.10 Å². The molecule has 1 fully saturated rings. The molecule has 1 heterocycles. The van der Waals surface area contributed by atoms with Crippen LogP contribution in [0.25, 0.3) is 6.08 Å². The van der Waals surface area contributed by atoms with Crippen LogP contribution in [0.3, 0.4) is 0 Å². The van der Waals surface area contributed by atoms with E-state index in [1.807, 2.05) is 0 Å². The summed E-state index contributed by atoms with van der Waals surface area (Å²) in [5.74, 6) is 0.243. The first-order valence-corrected chi connectivity index (χ1v) is 6.02. The van der Waals surface area contributed by atoms with Crippen LogP contribution in [-0.4, -0.2) is 37.5 Å². The summed E-state index contributed by atoms with van der Waals surface area (Å²) >= 11 is 0. The number of aliphatic carboxylic acids is 1. The maximum atomic E-state index is 10.5. The van der Waals surface area contributed by atoms with Gasteiger partial charge in [-0.15, -0.1) is 0 Å². The second kappa shape index (κ2) is 6.24.